The zero-order valence-corrected chi connectivity index (χ0v) is 22.8. The first-order chi connectivity index (χ1) is 18.9. The van der Waals surface area contributed by atoms with Gasteiger partial charge in [-0.15, -0.1) is 0 Å². The minimum atomic E-state index is -0.617. The van der Waals surface area contributed by atoms with Gasteiger partial charge in [-0.05, 0) is 88.5 Å². The quantitative estimate of drug-likeness (QED) is 0.393. The van der Waals surface area contributed by atoms with Crippen molar-refractivity contribution in [1.29, 1.82) is 0 Å². The molecule has 6 rings (SSSR count). The third kappa shape index (κ3) is 5.12. The van der Waals surface area contributed by atoms with Gasteiger partial charge < -0.3 is 19.3 Å². The maximum atomic E-state index is 13.0. The second-order valence-corrected chi connectivity index (χ2v) is 11.6. The SMILES string of the molecule is O=C1CCC(N2Cc3c(OCCCCCN4CCC5(CC4)COc4ccc(Cl)cc45)cccc3C2=O)C(=O)N1. The van der Waals surface area contributed by atoms with Gasteiger partial charge in [0.05, 0.1) is 19.8 Å². The molecular formula is C30H34ClN3O5. The van der Waals surface area contributed by atoms with Crippen molar-refractivity contribution < 1.29 is 23.9 Å². The van der Waals surface area contributed by atoms with Gasteiger partial charge in [0.25, 0.3) is 5.91 Å². The van der Waals surface area contributed by atoms with Crippen molar-refractivity contribution in [3.8, 4) is 11.5 Å². The van der Waals surface area contributed by atoms with Crippen molar-refractivity contribution in [3.63, 3.8) is 0 Å². The summed E-state index contributed by atoms with van der Waals surface area (Å²) in [5.41, 5.74) is 2.79. The number of piperidine rings is 2. The Hall–Kier alpha value is -3.10. The molecular weight excluding hydrogens is 518 g/mol. The van der Waals surface area contributed by atoms with E-state index in [4.69, 9.17) is 21.1 Å². The number of ether oxygens (including phenoxy) is 2. The van der Waals surface area contributed by atoms with Crippen LogP contribution >= 0.6 is 11.6 Å². The fourth-order valence-corrected chi connectivity index (χ4v) is 6.62. The van der Waals surface area contributed by atoms with Gasteiger partial charge in [-0.3, -0.25) is 19.7 Å². The Morgan fingerprint density at radius 2 is 1.92 bits per heavy atom. The van der Waals surface area contributed by atoms with E-state index in [9.17, 15) is 14.4 Å². The molecule has 2 fully saturated rings. The van der Waals surface area contributed by atoms with Gasteiger partial charge in [-0.2, -0.15) is 0 Å². The number of hydrogen-bond acceptors (Lipinski definition) is 6. The Kier molecular flexibility index (Phi) is 7.25. The lowest BCUT2D eigenvalue weighted by molar-refractivity contribution is -0.136. The van der Waals surface area contributed by atoms with Crippen LogP contribution in [0.25, 0.3) is 0 Å². The van der Waals surface area contributed by atoms with Crippen molar-refractivity contribution in [2.45, 2.75) is 62.9 Å². The molecule has 1 unspecified atom stereocenters. The van der Waals surface area contributed by atoms with Crippen LogP contribution in [0.2, 0.25) is 5.02 Å². The molecule has 2 aromatic rings. The summed E-state index contributed by atoms with van der Waals surface area (Å²) < 4.78 is 12.1. The highest BCUT2D eigenvalue weighted by Crippen LogP contribution is 2.46. The number of imide groups is 1. The van der Waals surface area contributed by atoms with Crippen LogP contribution in [0.5, 0.6) is 11.5 Å². The molecule has 2 saturated heterocycles. The summed E-state index contributed by atoms with van der Waals surface area (Å²) in [6.07, 6.45) is 5.91. The molecule has 4 aliphatic rings. The van der Waals surface area contributed by atoms with Crippen LogP contribution in [-0.4, -0.2) is 66.4 Å². The first kappa shape index (κ1) is 26.1. The summed E-state index contributed by atoms with van der Waals surface area (Å²) in [5.74, 6) is 0.836. The lowest BCUT2D eigenvalue weighted by Gasteiger charge is -2.38. The molecule has 4 heterocycles. The molecule has 206 valence electrons. The molecule has 0 saturated carbocycles. The minimum Gasteiger partial charge on any atom is -0.493 e. The predicted octanol–water partition coefficient (Wildman–Crippen LogP) is 4.08. The molecule has 1 atom stereocenters. The number of benzene rings is 2. The van der Waals surface area contributed by atoms with E-state index >= 15 is 0 Å². The number of fused-ring (bicyclic) bond motifs is 3. The fourth-order valence-electron chi connectivity index (χ4n) is 6.44. The van der Waals surface area contributed by atoms with Crippen LogP contribution in [0.15, 0.2) is 36.4 Å². The number of nitrogens with one attached hydrogen (secondary N) is 1. The Balaban J connectivity index is 0.940. The summed E-state index contributed by atoms with van der Waals surface area (Å²) >= 11 is 6.27. The van der Waals surface area contributed by atoms with Crippen LogP contribution in [-0.2, 0) is 21.5 Å². The highest BCUT2D eigenvalue weighted by Gasteiger charge is 2.43. The second kappa shape index (κ2) is 10.8. The minimum absolute atomic E-state index is 0.107. The molecule has 9 heteroatoms. The van der Waals surface area contributed by atoms with E-state index in [1.54, 1.807) is 11.0 Å². The highest BCUT2D eigenvalue weighted by atomic mass is 35.5. The molecule has 1 spiro atoms. The molecule has 0 aromatic heterocycles. The Morgan fingerprint density at radius 3 is 2.74 bits per heavy atom. The number of unbranched alkanes of at least 4 members (excludes halogenated alkanes) is 2. The molecule has 8 nitrogen and oxygen atoms in total. The molecule has 39 heavy (non-hydrogen) atoms. The number of halogens is 1. The standard InChI is InChI=1S/C30H34ClN3O5/c31-20-7-9-26-23(17-20)30(19-39-26)11-14-33(15-12-30)13-2-1-3-16-38-25-6-4-5-21-22(25)18-34(29(21)37)24-8-10-27(35)32-28(24)36/h4-7,9,17,24H,1-3,8,10-16,18-19H2,(H,32,35,36). The van der Waals surface area contributed by atoms with Crippen molar-refractivity contribution in [2.24, 2.45) is 0 Å². The van der Waals surface area contributed by atoms with E-state index in [1.807, 2.05) is 24.3 Å². The highest BCUT2D eigenvalue weighted by molar-refractivity contribution is 6.30. The van der Waals surface area contributed by atoms with Gasteiger partial charge in [0, 0.05) is 33.5 Å². The molecule has 2 aromatic carbocycles. The number of nitrogens with zero attached hydrogens (tertiary/aromatic N) is 2. The van der Waals surface area contributed by atoms with Crippen molar-refractivity contribution in [1.82, 2.24) is 15.1 Å². The zero-order valence-electron chi connectivity index (χ0n) is 22.0. The van der Waals surface area contributed by atoms with Gasteiger partial charge >= 0.3 is 0 Å². The largest absolute Gasteiger partial charge is 0.493 e. The topological polar surface area (TPSA) is 88.2 Å². The molecule has 0 aliphatic carbocycles. The molecule has 0 bridgehead atoms. The van der Waals surface area contributed by atoms with Gasteiger partial charge in [-0.25, -0.2) is 0 Å². The molecule has 0 radical (unpaired) electrons. The number of carbonyl (C=O) groups is 3. The summed E-state index contributed by atoms with van der Waals surface area (Å²) in [7, 11) is 0. The summed E-state index contributed by atoms with van der Waals surface area (Å²) in [6, 6.07) is 10.9. The number of amides is 3. The lowest BCUT2D eigenvalue weighted by Crippen LogP contribution is -2.52. The van der Waals surface area contributed by atoms with Crippen LogP contribution < -0.4 is 14.8 Å². The summed E-state index contributed by atoms with van der Waals surface area (Å²) in [5, 5.41) is 3.13. The van der Waals surface area contributed by atoms with E-state index in [2.05, 4.69) is 16.3 Å². The Bertz CT molecular complexity index is 1290. The number of likely N-dealkylation sites (tertiary alicyclic amines) is 1. The Morgan fingerprint density at radius 1 is 1.08 bits per heavy atom. The van der Waals surface area contributed by atoms with Crippen molar-refractivity contribution in [3.05, 3.63) is 58.1 Å². The normalized spacial score (nSPS) is 22.0. The smallest absolute Gasteiger partial charge is 0.255 e. The third-order valence-electron chi connectivity index (χ3n) is 8.75. The van der Waals surface area contributed by atoms with Crippen LogP contribution in [0, 0.1) is 0 Å². The van der Waals surface area contributed by atoms with Gasteiger partial charge in [-0.1, -0.05) is 17.7 Å². The van der Waals surface area contributed by atoms with E-state index in [0.29, 0.717) is 30.9 Å². The van der Waals surface area contributed by atoms with E-state index < -0.39 is 11.9 Å². The van der Waals surface area contributed by atoms with E-state index in [1.165, 1.54) is 5.56 Å². The first-order valence-corrected chi connectivity index (χ1v) is 14.4. The number of carbonyl (C=O) groups excluding carboxylic acids is 3. The van der Waals surface area contributed by atoms with Crippen molar-refractivity contribution >= 4 is 29.3 Å². The average molecular weight is 552 g/mol. The molecule has 1 N–H and O–H groups in total. The third-order valence-corrected chi connectivity index (χ3v) is 8.98. The first-order valence-electron chi connectivity index (χ1n) is 14.0. The van der Waals surface area contributed by atoms with Gasteiger partial charge in [0.1, 0.15) is 17.5 Å². The van der Waals surface area contributed by atoms with Crippen LogP contribution in [0.3, 0.4) is 0 Å². The second-order valence-electron chi connectivity index (χ2n) is 11.1. The summed E-state index contributed by atoms with van der Waals surface area (Å²) in [4.78, 5) is 40.9. The van der Waals surface area contributed by atoms with Crippen molar-refractivity contribution in [2.75, 3.05) is 32.8 Å². The maximum absolute atomic E-state index is 13.0. The van der Waals surface area contributed by atoms with E-state index in [0.717, 1.165) is 74.7 Å². The number of hydrogen-bond donors (Lipinski definition) is 1. The van der Waals surface area contributed by atoms with Crippen LogP contribution in [0.1, 0.15) is 66.4 Å². The zero-order chi connectivity index (χ0) is 27.0. The maximum Gasteiger partial charge on any atom is 0.255 e. The Labute approximate surface area is 233 Å². The van der Waals surface area contributed by atoms with E-state index in [-0.39, 0.29) is 23.7 Å². The average Bonchev–Trinajstić information content (AvgIpc) is 3.45. The monoisotopic (exact) mass is 551 g/mol. The van der Waals surface area contributed by atoms with Gasteiger partial charge in [0.2, 0.25) is 11.8 Å². The predicted molar refractivity (Wildman–Crippen MR) is 146 cm³/mol. The van der Waals surface area contributed by atoms with Crippen LogP contribution in [0.4, 0.5) is 0 Å². The summed E-state index contributed by atoms with van der Waals surface area (Å²) in [6.45, 7) is 4.89. The number of rotatable bonds is 8. The lowest BCUT2D eigenvalue weighted by atomic mass is 9.74. The molecule has 4 aliphatic heterocycles. The molecule has 3 amide bonds. The fraction of sp³-hybridized carbons (Fsp3) is 0.500. The van der Waals surface area contributed by atoms with Gasteiger partial charge in [0.15, 0.2) is 0 Å².